The third-order valence-electron chi connectivity index (χ3n) is 3.75. The molecule has 100 valence electrons. The standard InChI is InChI=1S/C14H19N5/c1-10-5-6-11(2)13(8-10)19-14(16-17-18-19)12-4-3-7-15-9-12/h5-6,8,12,15H,3-4,7,9H2,1-2H3. The van der Waals surface area contributed by atoms with Gasteiger partial charge in [0.05, 0.1) is 5.69 Å². The lowest BCUT2D eigenvalue weighted by Crippen LogP contribution is -2.30. The lowest BCUT2D eigenvalue weighted by Gasteiger charge is -2.22. The normalized spacial score (nSPS) is 19.6. The molecule has 0 bridgehead atoms. The van der Waals surface area contributed by atoms with Gasteiger partial charge in [-0.2, -0.15) is 4.68 Å². The highest BCUT2D eigenvalue weighted by Crippen LogP contribution is 2.24. The maximum atomic E-state index is 4.25. The molecular weight excluding hydrogens is 238 g/mol. The molecule has 1 aliphatic rings. The molecule has 19 heavy (non-hydrogen) atoms. The van der Waals surface area contributed by atoms with Crippen molar-refractivity contribution in [2.75, 3.05) is 13.1 Å². The molecule has 5 heteroatoms. The van der Waals surface area contributed by atoms with Crippen LogP contribution in [0.15, 0.2) is 18.2 Å². The molecule has 0 radical (unpaired) electrons. The Kier molecular flexibility index (Phi) is 3.29. The van der Waals surface area contributed by atoms with E-state index in [1.165, 1.54) is 17.5 Å². The summed E-state index contributed by atoms with van der Waals surface area (Å²) < 4.78 is 1.90. The second-order valence-corrected chi connectivity index (χ2v) is 5.28. The van der Waals surface area contributed by atoms with E-state index in [9.17, 15) is 0 Å². The lowest BCUT2D eigenvalue weighted by molar-refractivity contribution is 0.440. The summed E-state index contributed by atoms with van der Waals surface area (Å²) in [5, 5.41) is 15.7. The average Bonchev–Trinajstić information content (AvgIpc) is 2.91. The van der Waals surface area contributed by atoms with E-state index in [2.05, 4.69) is 52.9 Å². The van der Waals surface area contributed by atoms with Gasteiger partial charge in [-0.05, 0) is 60.9 Å². The molecule has 5 nitrogen and oxygen atoms in total. The minimum absolute atomic E-state index is 0.406. The van der Waals surface area contributed by atoms with Gasteiger partial charge < -0.3 is 5.32 Å². The largest absolute Gasteiger partial charge is 0.316 e. The van der Waals surface area contributed by atoms with Gasteiger partial charge >= 0.3 is 0 Å². The van der Waals surface area contributed by atoms with Crippen LogP contribution in [0.4, 0.5) is 0 Å². The maximum absolute atomic E-state index is 4.25. The summed E-state index contributed by atoms with van der Waals surface area (Å²) >= 11 is 0. The molecule has 3 rings (SSSR count). The molecule has 0 amide bonds. The van der Waals surface area contributed by atoms with E-state index in [1.807, 2.05) is 4.68 Å². The van der Waals surface area contributed by atoms with Gasteiger partial charge in [0.15, 0.2) is 5.82 Å². The number of aryl methyl sites for hydroxylation is 2. The fourth-order valence-corrected chi connectivity index (χ4v) is 2.64. The van der Waals surface area contributed by atoms with Crippen molar-refractivity contribution in [2.45, 2.75) is 32.6 Å². The van der Waals surface area contributed by atoms with Crippen LogP contribution < -0.4 is 5.32 Å². The van der Waals surface area contributed by atoms with E-state index < -0.39 is 0 Å². The lowest BCUT2D eigenvalue weighted by atomic mass is 9.98. The Morgan fingerprint density at radius 2 is 2.21 bits per heavy atom. The summed E-state index contributed by atoms with van der Waals surface area (Å²) in [6.07, 6.45) is 2.34. The first-order valence-electron chi connectivity index (χ1n) is 6.82. The van der Waals surface area contributed by atoms with Gasteiger partial charge in [0, 0.05) is 12.5 Å². The summed E-state index contributed by atoms with van der Waals surface area (Å²) in [6.45, 7) is 6.25. The average molecular weight is 257 g/mol. The predicted octanol–water partition coefficient (Wildman–Crippen LogP) is 1.75. The Hall–Kier alpha value is -1.75. The Morgan fingerprint density at radius 1 is 1.32 bits per heavy atom. The van der Waals surface area contributed by atoms with Crippen molar-refractivity contribution in [2.24, 2.45) is 0 Å². The van der Waals surface area contributed by atoms with E-state index in [1.54, 1.807) is 0 Å². The van der Waals surface area contributed by atoms with E-state index in [0.29, 0.717) is 5.92 Å². The van der Waals surface area contributed by atoms with E-state index >= 15 is 0 Å². The number of nitrogens with zero attached hydrogens (tertiary/aromatic N) is 4. The molecule has 1 aliphatic heterocycles. The molecule has 1 aromatic heterocycles. The zero-order valence-electron chi connectivity index (χ0n) is 11.4. The summed E-state index contributed by atoms with van der Waals surface area (Å²) in [5.74, 6) is 1.38. The van der Waals surface area contributed by atoms with Gasteiger partial charge in [-0.3, -0.25) is 0 Å². The molecular formula is C14H19N5. The zero-order chi connectivity index (χ0) is 13.2. The number of hydrogen-bond acceptors (Lipinski definition) is 4. The van der Waals surface area contributed by atoms with Crippen molar-refractivity contribution in [3.05, 3.63) is 35.2 Å². The molecule has 0 saturated carbocycles. The van der Waals surface area contributed by atoms with Crippen LogP contribution in [0.25, 0.3) is 5.69 Å². The Labute approximate surface area is 113 Å². The minimum Gasteiger partial charge on any atom is -0.316 e. The monoisotopic (exact) mass is 257 g/mol. The van der Waals surface area contributed by atoms with E-state index in [0.717, 1.165) is 31.0 Å². The predicted molar refractivity (Wildman–Crippen MR) is 73.5 cm³/mol. The third-order valence-corrected chi connectivity index (χ3v) is 3.75. The first-order chi connectivity index (χ1) is 9.25. The number of rotatable bonds is 2. The fraction of sp³-hybridized carbons (Fsp3) is 0.500. The van der Waals surface area contributed by atoms with Gasteiger partial charge in [-0.25, -0.2) is 0 Å². The van der Waals surface area contributed by atoms with Crippen molar-refractivity contribution in [1.29, 1.82) is 0 Å². The highest BCUT2D eigenvalue weighted by molar-refractivity contribution is 5.42. The summed E-state index contributed by atoms with van der Waals surface area (Å²) in [5.41, 5.74) is 3.51. The second kappa shape index (κ2) is 5.09. The van der Waals surface area contributed by atoms with Gasteiger partial charge in [-0.1, -0.05) is 12.1 Å². The fourth-order valence-electron chi connectivity index (χ4n) is 2.64. The highest BCUT2D eigenvalue weighted by atomic mass is 15.5. The van der Waals surface area contributed by atoms with Crippen LogP contribution in [-0.2, 0) is 0 Å². The molecule has 1 atom stereocenters. The van der Waals surface area contributed by atoms with E-state index in [4.69, 9.17) is 0 Å². The molecule has 0 aliphatic carbocycles. The summed E-state index contributed by atoms with van der Waals surface area (Å²) in [4.78, 5) is 0. The van der Waals surface area contributed by atoms with Crippen LogP contribution in [0, 0.1) is 13.8 Å². The maximum Gasteiger partial charge on any atom is 0.161 e. The van der Waals surface area contributed by atoms with Crippen LogP contribution >= 0.6 is 0 Å². The zero-order valence-corrected chi connectivity index (χ0v) is 11.4. The number of nitrogens with one attached hydrogen (secondary N) is 1. The third kappa shape index (κ3) is 2.38. The van der Waals surface area contributed by atoms with Gasteiger partial charge in [0.25, 0.3) is 0 Å². The van der Waals surface area contributed by atoms with Crippen molar-refractivity contribution in [1.82, 2.24) is 25.5 Å². The number of hydrogen-bond donors (Lipinski definition) is 1. The summed E-state index contributed by atoms with van der Waals surface area (Å²) in [7, 11) is 0. The SMILES string of the molecule is Cc1ccc(C)c(-n2nnnc2C2CCCNC2)c1. The van der Waals surface area contributed by atoms with Crippen molar-refractivity contribution >= 4 is 0 Å². The van der Waals surface area contributed by atoms with Crippen LogP contribution in [-0.4, -0.2) is 33.3 Å². The van der Waals surface area contributed by atoms with Crippen LogP contribution in [0.2, 0.25) is 0 Å². The van der Waals surface area contributed by atoms with Crippen molar-refractivity contribution < 1.29 is 0 Å². The van der Waals surface area contributed by atoms with Gasteiger partial charge in [-0.15, -0.1) is 5.10 Å². The first kappa shape index (κ1) is 12.3. The van der Waals surface area contributed by atoms with Gasteiger partial charge in [0.2, 0.25) is 0 Å². The summed E-state index contributed by atoms with van der Waals surface area (Å²) in [6, 6.07) is 6.38. The highest BCUT2D eigenvalue weighted by Gasteiger charge is 2.22. The quantitative estimate of drug-likeness (QED) is 0.890. The molecule has 2 aromatic rings. The van der Waals surface area contributed by atoms with E-state index in [-0.39, 0.29) is 0 Å². The molecule has 0 spiro atoms. The molecule has 1 aromatic carbocycles. The Balaban J connectivity index is 2.01. The minimum atomic E-state index is 0.406. The number of aromatic nitrogens is 4. The van der Waals surface area contributed by atoms with Crippen LogP contribution in [0.5, 0.6) is 0 Å². The molecule has 1 unspecified atom stereocenters. The first-order valence-corrected chi connectivity index (χ1v) is 6.82. The number of piperidine rings is 1. The van der Waals surface area contributed by atoms with Crippen molar-refractivity contribution in [3.8, 4) is 5.69 Å². The molecule has 1 saturated heterocycles. The number of tetrazole rings is 1. The molecule has 1 fully saturated rings. The van der Waals surface area contributed by atoms with Crippen LogP contribution in [0.1, 0.15) is 35.7 Å². The van der Waals surface area contributed by atoms with Crippen molar-refractivity contribution in [3.63, 3.8) is 0 Å². The molecule has 1 N–H and O–H groups in total. The Bertz CT molecular complexity index is 569. The van der Waals surface area contributed by atoms with Gasteiger partial charge in [0.1, 0.15) is 0 Å². The topological polar surface area (TPSA) is 55.6 Å². The Morgan fingerprint density at radius 3 is 3.00 bits per heavy atom. The molecule has 2 heterocycles. The second-order valence-electron chi connectivity index (χ2n) is 5.28. The smallest absolute Gasteiger partial charge is 0.161 e. The van der Waals surface area contributed by atoms with Crippen LogP contribution in [0.3, 0.4) is 0 Å². The number of benzene rings is 1.